The van der Waals surface area contributed by atoms with E-state index in [1.807, 2.05) is 6.07 Å². The van der Waals surface area contributed by atoms with Crippen molar-refractivity contribution in [2.45, 2.75) is 45.2 Å². The van der Waals surface area contributed by atoms with Crippen molar-refractivity contribution in [3.05, 3.63) is 23.2 Å². The van der Waals surface area contributed by atoms with Crippen LogP contribution in [-0.4, -0.2) is 63.0 Å². The molecule has 0 unspecified atom stereocenters. The van der Waals surface area contributed by atoms with E-state index in [-0.39, 0.29) is 22.8 Å². The van der Waals surface area contributed by atoms with Gasteiger partial charge in [-0.25, -0.2) is 4.98 Å². The largest absolute Gasteiger partial charge is 0.343 e. The van der Waals surface area contributed by atoms with Crippen LogP contribution in [0.5, 0.6) is 0 Å². The molecule has 1 amide bonds. The van der Waals surface area contributed by atoms with Gasteiger partial charge in [-0.3, -0.25) is 9.69 Å². The Labute approximate surface area is 153 Å². The second-order valence-corrected chi connectivity index (χ2v) is 8.24. The van der Waals surface area contributed by atoms with Crippen molar-refractivity contribution >= 4 is 28.5 Å². The number of rotatable bonds is 2. The lowest BCUT2D eigenvalue weighted by Gasteiger charge is -2.41. The number of hydrogen-bond donors (Lipinski definition) is 0. The molecule has 1 fully saturated rings. The maximum atomic E-state index is 12.7. The summed E-state index contributed by atoms with van der Waals surface area (Å²) in [5, 5.41) is 1.07. The summed E-state index contributed by atoms with van der Waals surface area (Å²) in [5.74, 6) is -0.0210. The highest BCUT2D eigenvalue weighted by molar-refractivity contribution is 6.28. The molecule has 0 aliphatic carbocycles. The van der Waals surface area contributed by atoms with E-state index in [4.69, 9.17) is 11.6 Å². The van der Waals surface area contributed by atoms with Gasteiger partial charge in [0.25, 0.3) is 5.91 Å². The van der Waals surface area contributed by atoms with Crippen molar-refractivity contribution < 1.29 is 4.79 Å². The Morgan fingerprint density at radius 1 is 1.28 bits per heavy atom. The van der Waals surface area contributed by atoms with Crippen molar-refractivity contribution in [2.75, 3.05) is 27.2 Å². The molecule has 0 atom stereocenters. The lowest BCUT2D eigenvalue weighted by molar-refractivity contribution is 0.0781. The third-order valence-corrected chi connectivity index (χ3v) is 5.13. The number of likely N-dealkylation sites (tertiary alicyclic amines) is 1. The van der Waals surface area contributed by atoms with Gasteiger partial charge in [-0.05, 0) is 51.3 Å². The first kappa shape index (κ1) is 18.1. The predicted octanol–water partition coefficient (Wildman–Crippen LogP) is 3.22. The molecule has 1 saturated heterocycles. The number of fused-ring (bicyclic) bond motifs is 1. The molecule has 0 N–H and O–H groups in total. The molecular formula is C18H26ClN5O. The van der Waals surface area contributed by atoms with Crippen molar-refractivity contribution in [1.29, 1.82) is 0 Å². The van der Waals surface area contributed by atoms with Crippen molar-refractivity contribution in [1.82, 2.24) is 24.3 Å². The average Bonchev–Trinajstić information content (AvgIpc) is 2.91. The van der Waals surface area contributed by atoms with E-state index in [0.717, 1.165) is 37.0 Å². The van der Waals surface area contributed by atoms with Gasteiger partial charge in [0.1, 0.15) is 11.3 Å². The molecule has 0 radical (unpaired) electrons. The Kier molecular flexibility index (Phi) is 4.77. The van der Waals surface area contributed by atoms with Gasteiger partial charge >= 0.3 is 0 Å². The number of halogens is 1. The van der Waals surface area contributed by atoms with Gasteiger partial charge in [0.05, 0.1) is 0 Å². The van der Waals surface area contributed by atoms with Gasteiger partial charge in [-0.2, -0.15) is 4.98 Å². The van der Waals surface area contributed by atoms with Crippen LogP contribution in [0.4, 0.5) is 0 Å². The van der Waals surface area contributed by atoms with Crippen LogP contribution in [0.25, 0.3) is 11.0 Å². The Hall–Kier alpha value is -1.66. The van der Waals surface area contributed by atoms with Crippen LogP contribution in [0.2, 0.25) is 5.28 Å². The first-order chi connectivity index (χ1) is 11.7. The van der Waals surface area contributed by atoms with Crippen LogP contribution in [0.3, 0.4) is 0 Å². The van der Waals surface area contributed by atoms with Gasteiger partial charge in [-0.1, -0.05) is 0 Å². The molecule has 0 aromatic carbocycles. The molecule has 1 aliphatic heterocycles. The Balaban J connectivity index is 2.01. The SMILES string of the molecule is CN(C)C(=O)c1cc2cnc(Cl)nc2n1C1CCN(C(C)(C)C)CC1. The molecule has 0 spiro atoms. The zero-order chi connectivity index (χ0) is 18.4. The summed E-state index contributed by atoms with van der Waals surface area (Å²) >= 11 is 6.02. The van der Waals surface area contributed by atoms with E-state index in [1.165, 1.54) is 0 Å². The highest BCUT2D eigenvalue weighted by Crippen LogP contribution is 2.32. The molecule has 3 rings (SSSR count). The second-order valence-electron chi connectivity index (χ2n) is 7.91. The second kappa shape index (κ2) is 6.57. The maximum absolute atomic E-state index is 12.7. The number of amides is 1. The fraction of sp³-hybridized carbons (Fsp3) is 0.611. The molecule has 3 heterocycles. The Morgan fingerprint density at radius 3 is 2.48 bits per heavy atom. The summed E-state index contributed by atoms with van der Waals surface area (Å²) < 4.78 is 2.07. The highest BCUT2D eigenvalue weighted by Gasteiger charge is 2.31. The fourth-order valence-corrected chi connectivity index (χ4v) is 3.67. The Morgan fingerprint density at radius 2 is 1.92 bits per heavy atom. The molecule has 1 aliphatic rings. The highest BCUT2D eigenvalue weighted by atomic mass is 35.5. The molecule has 136 valence electrons. The van der Waals surface area contributed by atoms with Crippen LogP contribution < -0.4 is 0 Å². The first-order valence-electron chi connectivity index (χ1n) is 8.68. The van der Waals surface area contributed by atoms with Crippen LogP contribution in [-0.2, 0) is 0 Å². The van der Waals surface area contributed by atoms with E-state index >= 15 is 0 Å². The summed E-state index contributed by atoms with van der Waals surface area (Å²) in [7, 11) is 3.54. The van der Waals surface area contributed by atoms with Gasteiger partial charge in [0.15, 0.2) is 0 Å². The van der Waals surface area contributed by atoms with E-state index < -0.39 is 0 Å². The third-order valence-electron chi connectivity index (χ3n) is 4.95. The molecule has 7 heteroatoms. The van der Waals surface area contributed by atoms with E-state index in [2.05, 4.69) is 40.2 Å². The standard InChI is InChI=1S/C18H26ClN5O/c1-18(2,3)23-8-6-13(7-9-23)24-14(16(25)22(4)5)10-12-11-20-17(19)21-15(12)24/h10-11,13H,6-9H2,1-5H3. The smallest absolute Gasteiger partial charge is 0.270 e. The minimum Gasteiger partial charge on any atom is -0.343 e. The lowest BCUT2D eigenvalue weighted by Crippen LogP contribution is -2.46. The van der Waals surface area contributed by atoms with Gasteiger partial charge in [0, 0.05) is 50.3 Å². The third kappa shape index (κ3) is 3.51. The summed E-state index contributed by atoms with van der Waals surface area (Å²) in [6.45, 7) is 8.73. The topological polar surface area (TPSA) is 54.3 Å². The van der Waals surface area contributed by atoms with Crippen molar-refractivity contribution in [3.8, 4) is 0 Å². The maximum Gasteiger partial charge on any atom is 0.270 e. The van der Waals surface area contributed by atoms with Gasteiger partial charge in [0.2, 0.25) is 5.28 Å². The molecule has 25 heavy (non-hydrogen) atoms. The number of carbonyl (C=O) groups is 1. The summed E-state index contributed by atoms with van der Waals surface area (Å²) in [6, 6.07) is 2.12. The Bertz CT molecular complexity index is 785. The molecule has 2 aromatic rings. The number of carbonyl (C=O) groups excluding carboxylic acids is 1. The quantitative estimate of drug-likeness (QED) is 0.769. The summed E-state index contributed by atoms with van der Waals surface area (Å²) in [6.07, 6.45) is 3.66. The minimum atomic E-state index is -0.0210. The molecule has 2 aromatic heterocycles. The monoisotopic (exact) mass is 363 g/mol. The zero-order valence-electron chi connectivity index (χ0n) is 15.6. The van der Waals surface area contributed by atoms with Crippen molar-refractivity contribution in [3.63, 3.8) is 0 Å². The average molecular weight is 364 g/mol. The molecule has 0 saturated carbocycles. The van der Waals surface area contributed by atoms with Crippen LogP contribution in [0, 0.1) is 0 Å². The van der Waals surface area contributed by atoms with Gasteiger partial charge < -0.3 is 9.47 Å². The van der Waals surface area contributed by atoms with E-state index in [0.29, 0.717) is 5.69 Å². The number of hydrogen-bond acceptors (Lipinski definition) is 4. The van der Waals surface area contributed by atoms with Gasteiger partial charge in [-0.15, -0.1) is 0 Å². The molecule has 6 nitrogen and oxygen atoms in total. The number of piperidine rings is 1. The summed E-state index contributed by atoms with van der Waals surface area (Å²) in [4.78, 5) is 25.3. The van der Waals surface area contributed by atoms with Crippen molar-refractivity contribution in [2.24, 2.45) is 0 Å². The zero-order valence-corrected chi connectivity index (χ0v) is 16.3. The summed E-state index contributed by atoms with van der Waals surface area (Å²) in [5.41, 5.74) is 1.57. The predicted molar refractivity (Wildman–Crippen MR) is 100 cm³/mol. The first-order valence-corrected chi connectivity index (χ1v) is 9.06. The number of aromatic nitrogens is 3. The lowest BCUT2D eigenvalue weighted by atomic mass is 9.98. The normalized spacial score (nSPS) is 17.2. The molecule has 0 bridgehead atoms. The van der Waals surface area contributed by atoms with Crippen LogP contribution in [0.1, 0.15) is 50.1 Å². The van der Waals surface area contributed by atoms with E-state index in [9.17, 15) is 4.79 Å². The van der Waals surface area contributed by atoms with Crippen LogP contribution >= 0.6 is 11.6 Å². The minimum absolute atomic E-state index is 0.0210. The fourth-order valence-electron chi connectivity index (χ4n) is 3.55. The number of nitrogens with zero attached hydrogens (tertiary/aromatic N) is 5. The van der Waals surface area contributed by atoms with E-state index in [1.54, 1.807) is 25.2 Å². The van der Waals surface area contributed by atoms with Crippen LogP contribution in [0.15, 0.2) is 12.3 Å². The molecular weight excluding hydrogens is 338 g/mol.